The Morgan fingerprint density at radius 2 is 1.95 bits per heavy atom. The minimum Gasteiger partial charge on any atom is -0.349 e. The van der Waals surface area contributed by atoms with Crippen LogP contribution in [0.1, 0.15) is 56.0 Å². The van der Waals surface area contributed by atoms with E-state index in [-0.39, 0.29) is 18.3 Å². The molecule has 1 aromatic carbocycles. The van der Waals surface area contributed by atoms with E-state index in [1.54, 1.807) is 0 Å². The number of nitrogens with two attached hydrogens (primary N) is 1. The van der Waals surface area contributed by atoms with E-state index in [0.29, 0.717) is 23.9 Å². The molecule has 0 saturated heterocycles. The van der Waals surface area contributed by atoms with E-state index in [0.717, 1.165) is 17.5 Å². The molecule has 1 aromatic rings. The summed E-state index contributed by atoms with van der Waals surface area (Å²) in [5.74, 6) is 0.566. The summed E-state index contributed by atoms with van der Waals surface area (Å²) in [5, 5.41) is 3.19. The average molecular weight is 311 g/mol. The second-order valence-corrected chi connectivity index (χ2v) is 6.87. The molecule has 2 atom stereocenters. The van der Waals surface area contributed by atoms with Crippen LogP contribution >= 0.6 is 12.4 Å². The third kappa shape index (κ3) is 4.72. The maximum absolute atomic E-state index is 12.3. The third-order valence-electron chi connectivity index (χ3n) is 4.46. The van der Waals surface area contributed by atoms with Crippen LogP contribution in [0.2, 0.25) is 0 Å². The van der Waals surface area contributed by atoms with Crippen LogP contribution < -0.4 is 11.1 Å². The summed E-state index contributed by atoms with van der Waals surface area (Å²) >= 11 is 0. The molecular formula is C17H27ClN2O. The quantitative estimate of drug-likeness (QED) is 0.897. The standard InChI is InChI=1S/C17H26N2O.ClH/c1-12-10-17(2,3)9-8-15(12)19-16(20)14-6-4-13(11-18)5-7-14;/h4-7,12,15H,8-11,18H2,1-3H3,(H,19,20);1H. The fourth-order valence-corrected chi connectivity index (χ4v) is 3.21. The Labute approximate surface area is 134 Å². The van der Waals surface area contributed by atoms with Gasteiger partial charge in [0, 0.05) is 18.2 Å². The van der Waals surface area contributed by atoms with Crippen molar-refractivity contribution < 1.29 is 4.79 Å². The number of rotatable bonds is 3. The number of amides is 1. The molecule has 3 nitrogen and oxygen atoms in total. The molecule has 0 bridgehead atoms. The van der Waals surface area contributed by atoms with Gasteiger partial charge in [-0.25, -0.2) is 0 Å². The molecule has 1 aliphatic rings. The maximum Gasteiger partial charge on any atom is 0.251 e. The zero-order valence-corrected chi connectivity index (χ0v) is 14.0. The maximum atomic E-state index is 12.3. The molecule has 3 N–H and O–H groups in total. The van der Waals surface area contributed by atoms with Crippen LogP contribution in [0, 0.1) is 11.3 Å². The van der Waals surface area contributed by atoms with Crippen molar-refractivity contribution in [3.8, 4) is 0 Å². The molecule has 2 unspecified atom stereocenters. The Morgan fingerprint density at radius 1 is 1.33 bits per heavy atom. The SMILES string of the molecule is CC1CC(C)(C)CCC1NC(=O)c1ccc(CN)cc1.Cl. The normalized spacial score (nSPS) is 24.0. The van der Waals surface area contributed by atoms with Gasteiger partial charge in [0.25, 0.3) is 5.91 Å². The van der Waals surface area contributed by atoms with Gasteiger partial charge in [-0.2, -0.15) is 0 Å². The zero-order valence-electron chi connectivity index (χ0n) is 13.2. The molecule has 118 valence electrons. The molecule has 1 fully saturated rings. The number of nitrogens with one attached hydrogen (secondary N) is 1. The first kappa shape index (κ1) is 18.0. The van der Waals surface area contributed by atoms with E-state index in [4.69, 9.17) is 5.73 Å². The summed E-state index contributed by atoms with van der Waals surface area (Å²) in [6.45, 7) is 7.38. The molecule has 1 aliphatic carbocycles. The second-order valence-electron chi connectivity index (χ2n) is 6.87. The summed E-state index contributed by atoms with van der Waals surface area (Å²) in [7, 11) is 0. The van der Waals surface area contributed by atoms with Gasteiger partial charge in [0.1, 0.15) is 0 Å². The first-order chi connectivity index (χ1) is 9.41. The predicted molar refractivity (Wildman–Crippen MR) is 89.6 cm³/mol. The number of halogens is 1. The van der Waals surface area contributed by atoms with Crippen LogP contribution in [-0.2, 0) is 6.54 Å². The number of carbonyl (C=O) groups excluding carboxylic acids is 1. The zero-order chi connectivity index (χ0) is 14.8. The highest BCUT2D eigenvalue weighted by Gasteiger charge is 2.33. The van der Waals surface area contributed by atoms with Crippen molar-refractivity contribution in [1.29, 1.82) is 0 Å². The Bertz CT molecular complexity index is 470. The van der Waals surface area contributed by atoms with Crippen LogP contribution in [0.4, 0.5) is 0 Å². The van der Waals surface area contributed by atoms with Crippen molar-refractivity contribution in [2.24, 2.45) is 17.1 Å². The molecule has 21 heavy (non-hydrogen) atoms. The lowest BCUT2D eigenvalue weighted by Gasteiger charge is -2.39. The molecule has 2 rings (SSSR count). The monoisotopic (exact) mass is 310 g/mol. The Kier molecular flexibility index (Phi) is 6.24. The van der Waals surface area contributed by atoms with Gasteiger partial charge in [-0.1, -0.05) is 32.9 Å². The van der Waals surface area contributed by atoms with Gasteiger partial charge in [0.2, 0.25) is 0 Å². The van der Waals surface area contributed by atoms with Gasteiger partial charge in [-0.15, -0.1) is 12.4 Å². The number of carbonyl (C=O) groups is 1. The van der Waals surface area contributed by atoms with Crippen LogP contribution in [0.15, 0.2) is 24.3 Å². The van der Waals surface area contributed by atoms with E-state index < -0.39 is 0 Å². The molecule has 0 spiro atoms. The second kappa shape index (κ2) is 7.28. The van der Waals surface area contributed by atoms with E-state index in [1.165, 1.54) is 12.8 Å². The summed E-state index contributed by atoms with van der Waals surface area (Å²) in [4.78, 5) is 12.3. The van der Waals surface area contributed by atoms with Crippen molar-refractivity contribution in [1.82, 2.24) is 5.32 Å². The lowest BCUT2D eigenvalue weighted by atomic mass is 9.70. The van der Waals surface area contributed by atoms with E-state index >= 15 is 0 Å². The first-order valence-electron chi connectivity index (χ1n) is 7.51. The van der Waals surface area contributed by atoms with Crippen molar-refractivity contribution in [3.63, 3.8) is 0 Å². The fourth-order valence-electron chi connectivity index (χ4n) is 3.21. The van der Waals surface area contributed by atoms with Crippen molar-refractivity contribution in [2.45, 2.75) is 52.6 Å². The van der Waals surface area contributed by atoms with E-state index in [9.17, 15) is 4.79 Å². The van der Waals surface area contributed by atoms with Crippen LogP contribution in [-0.4, -0.2) is 11.9 Å². The Balaban J connectivity index is 0.00000220. The van der Waals surface area contributed by atoms with E-state index in [2.05, 4.69) is 26.1 Å². The van der Waals surface area contributed by atoms with Gasteiger partial charge >= 0.3 is 0 Å². The lowest BCUT2D eigenvalue weighted by Crippen LogP contribution is -2.44. The van der Waals surface area contributed by atoms with Crippen molar-refractivity contribution in [3.05, 3.63) is 35.4 Å². The number of hydrogen-bond donors (Lipinski definition) is 2. The van der Waals surface area contributed by atoms with Gasteiger partial charge in [-0.05, 0) is 48.3 Å². The first-order valence-corrected chi connectivity index (χ1v) is 7.51. The summed E-state index contributed by atoms with van der Waals surface area (Å²) in [6, 6.07) is 7.85. The molecule has 1 amide bonds. The highest BCUT2D eigenvalue weighted by Crippen LogP contribution is 2.38. The third-order valence-corrected chi connectivity index (χ3v) is 4.46. The van der Waals surface area contributed by atoms with Gasteiger partial charge in [-0.3, -0.25) is 4.79 Å². The minimum absolute atomic E-state index is 0. The van der Waals surface area contributed by atoms with Gasteiger partial charge in [0.05, 0.1) is 0 Å². The Morgan fingerprint density at radius 3 is 2.48 bits per heavy atom. The largest absolute Gasteiger partial charge is 0.349 e. The summed E-state index contributed by atoms with van der Waals surface area (Å²) in [6.07, 6.45) is 3.42. The molecule has 1 saturated carbocycles. The molecule has 0 radical (unpaired) electrons. The number of hydrogen-bond acceptors (Lipinski definition) is 2. The van der Waals surface area contributed by atoms with Crippen LogP contribution in [0.5, 0.6) is 0 Å². The predicted octanol–water partition coefficient (Wildman–Crippen LogP) is 3.51. The van der Waals surface area contributed by atoms with Crippen LogP contribution in [0.3, 0.4) is 0 Å². The van der Waals surface area contributed by atoms with Crippen LogP contribution in [0.25, 0.3) is 0 Å². The smallest absolute Gasteiger partial charge is 0.251 e. The molecular weight excluding hydrogens is 284 g/mol. The molecule has 4 heteroatoms. The molecule has 0 heterocycles. The van der Waals surface area contributed by atoms with Gasteiger partial charge < -0.3 is 11.1 Å². The topological polar surface area (TPSA) is 55.1 Å². The van der Waals surface area contributed by atoms with E-state index in [1.807, 2.05) is 24.3 Å². The summed E-state index contributed by atoms with van der Waals surface area (Å²) < 4.78 is 0. The minimum atomic E-state index is 0. The van der Waals surface area contributed by atoms with Crippen molar-refractivity contribution >= 4 is 18.3 Å². The molecule has 0 aromatic heterocycles. The fraction of sp³-hybridized carbons (Fsp3) is 0.588. The summed E-state index contributed by atoms with van der Waals surface area (Å²) in [5.41, 5.74) is 7.75. The highest BCUT2D eigenvalue weighted by molar-refractivity contribution is 5.94. The van der Waals surface area contributed by atoms with Gasteiger partial charge in [0.15, 0.2) is 0 Å². The molecule has 0 aliphatic heterocycles. The Hall–Kier alpha value is -1.06. The highest BCUT2D eigenvalue weighted by atomic mass is 35.5. The number of benzene rings is 1. The lowest BCUT2D eigenvalue weighted by molar-refractivity contribution is 0.0861. The average Bonchev–Trinajstić information content (AvgIpc) is 2.41. The van der Waals surface area contributed by atoms with Crippen molar-refractivity contribution in [2.75, 3.05) is 0 Å².